The Morgan fingerprint density at radius 2 is 1.27 bits per heavy atom. The number of esters is 2. The number of carbonyl (C=O) groups is 4. The van der Waals surface area contributed by atoms with Gasteiger partial charge in [0.1, 0.15) is 17.8 Å². The zero-order valence-corrected chi connectivity index (χ0v) is 23.6. The average molecular weight is 573 g/mol. The molecule has 0 saturated heterocycles. The van der Waals surface area contributed by atoms with Crippen LogP contribution >= 0.6 is 0 Å². The van der Waals surface area contributed by atoms with E-state index in [-0.39, 0.29) is 29.2 Å². The largest absolute Gasteiger partial charge is 0.476 e. The second-order valence-corrected chi connectivity index (χ2v) is 9.81. The molecule has 224 valence electrons. The van der Waals surface area contributed by atoms with Crippen molar-refractivity contribution in [2.24, 2.45) is 17.6 Å². The lowest BCUT2D eigenvalue weighted by atomic mass is 9.84. The molecule has 13 nitrogen and oxygen atoms in total. The highest BCUT2D eigenvalue weighted by molar-refractivity contribution is 5.95. The van der Waals surface area contributed by atoms with E-state index in [0.29, 0.717) is 5.92 Å². The molecule has 0 spiro atoms. The molecule has 2 aliphatic rings. The number of nitrogens with zero attached hydrogens (tertiary/aromatic N) is 4. The molecule has 0 unspecified atom stereocenters. The van der Waals surface area contributed by atoms with Gasteiger partial charge in [0.2, 0.25) is 0 Å². The van der Waals surface area contributed by atoms with Gasteiger partial charge in [-0.25, -0.2) is 19.6 Å². The zero-order chi connectivity index (χ0) is 30.0. The molecule has 2 fully saturated rings. The first-order chi connectivity index (χ1) is 19.8. The molecule has 2 aromatic heterocycles. The molecule has 0 radical (unpaired) electrons. The van der Waals surface area contributed by atoms with Crippen molar-refractivity contribution in [3.8, 4) is 0 Å². The number of hydrogen-bond donors (Lipinski definition) is 3. The fraction of sp³-hybridized carbons (Fsp3) is 0.571. The van der Waals surface area contributed by atoms with E-state index < -0.39 is 24.0 Å². The van der Waals surface area contributed by atoms with Gasteiger partial charge in [-0.15, -0.1) is 0 Å². The third-order valence-electron chi connectivity index (χ3n) is 7.07. The molecule has 4 rings (SSSR count). The lowest BCUT2D eigenvalue weighted by Gasteiger charge is -2.28. The fourth-order valence-corrected chi connectivity index (χ4v) is 4.83. The molecule has 4 N–H and O–H groups in total. The van der Waals surface area contributed by atoms with E-state index in [4.69, 9.17) is 15.6 Å². The van der Waals surface area contributed by atoms with Crippen molar-refractivity contribution < 1.29 is 33.8 Å². The third kappa shape index (κ3) is 11.6. The Labute approximate surface area is 239 Å². The van der Waals surface area contributed by atoms with Gasteiger partial charge in [0.05, 0.1) is 26.6 Å². The number of nitrogens with two attached hydrogens (primary N) is 1. The molecule has 0 bridgehead atoms. The summed E-state index contributed by atoms with van der Waals surface area (Å²) in [5.74, 6) is -1.61. The Balaban J connectivity index is 0.000000237. The highest BCUT2D eigenvalue weighted by Crippen LogP contribution is 2.27. The summed E-state index contributed by atoms with van der Waals surface area (Å²) in [5, 5.41) is 11.0. The summed E-state index contributed by atoms with van der Waals surface area (Å²) in [6.07, 6.45) is 19.3. The number of carbonyl (C=O) groups excluding carboxylic acids is 3. The van der Waals surface area contributed by atoms with Gasteiger partial charge in [-0.1, -0.05) is 38.5 Å². The minimum Gasteiger partial charge on any atom is -0.476 e. The van der Waals surface area contributed by atoms with Crippen LogP contribution in [0.5, 0.6) is 0 Å². The molecule has 2 aromatic rings. The van der Waals surface area contributed by atoms with E-state index in [2.05, 4.69) is 30.0 Å². The van der Waals surface area contributed by atoms with Crippen LogP contribution in [0.3, 0.4) is 0 Å². The van der Waals surface area contributed by atoms with E-state index in [9.17, 15) is 19.2 Å². The summed E-state index contributed by atoms with van der Waals surface area (Å²) in [5.41, 5.74) is 5.90. The van der Waals surface area contributed by atoms with Crippen LogP contribution in [0.2, 0.25) is 0 Å². The summed E-state index contributed by atoms with van der Waals surface area (Å²) < 4.78 is 9.41. The van der Waals surface area contributed by atoms with Gasteiger partial charge in [0, 0.05) is 24.8 Å². The number of carboxylic acid groups (broad SMARTS) is 1. The quantitative estimate of drug-likeness (QED) is 0.411. The summed E-state index contributed by atoms with van der Waals surface area (Å²) in [6, 6.07) is -0.995. The van der Waals surface area contributed by atoms with Crippen molar-refractivity contribution in [3.05, 3.63) is 48.6 Å². The molecular weight excluding hydrogens is 532 g/mol. The number of nitrogens with one attached hydrogen (secondary N) is 1. The SMILES string of the molecule is COC(=O)[C@@H](N)C1CCCCC1.COC(=O)[C@@H](NC(=O)c1cnccn1)C1CCCCC1.O=C(O)c1cnccn1. The normalized spacial score (nSPS) is 16.8. The topological polar surface area (TPSA) is 197 Å². The number of amides is 1. The van der Waals surface area contributed by atoms with E-state index in [0.717, 1.165) is 38.5 Å². The Bertz CT molecular complexity index is 1080. The number of ether oxygens (including phenoxy) is 2. The Morgan fingerprint density at radius 3 is 1.68 bits per heavy atom. The first kappa shape index (κ1) is 33.2. The second kappa shape index (κ2) is 18.4. The number of rotatable bonds is 7. The molecule has 41 heavy (non-hydrogen) atoms. The van der Waals surface area contributed by atoms with Gasteiger partial charge < -0.3 is 25.6 Å². The van der Waals surface area contributed by atoms with Crippen molar-refractivity contribution in [1.29, 1.82) is 0 Å². The van der Waals surface area contributed by atoms with Crippen molar-refractivity contribution in [2.75, 3.05) is 14.2 Å². The maximum absolute atomic E-state index is 12.1. The molecule has 13 heteroatoms. The molecule has 2 atom stereocenters. The van der Waals surface area contributed by atoms with Crippen LogP contribution in [0.25, 0.3) is 0 Å². The monoisotopic (exact) mass is 572 g/mol. The van der Waals surface area contributed by atoms with Gasteiger partial charge in [0.25, 0.3) is 5.91 Å². The molecule has 2 aliphatic carbocycles. The summed E-state index contributed by atoms with van der Waals surface area (Å²) in [4.78, 5) is 60.0. The van der Waals surface area contributed by atoms with Crippen LogP contribution in [0.15, 0.2) is 37.2 Å². The summed E-state index contributed by atoms with van der Waals surface area (Å²) in [6.45, 7) is 0. The maximum Gasteiger partial charge on any atom is 0.356 e. The average Bonchev–Trinajstić information content (AvgIpc) is 3.04. The predicted octanol–water partition coefficient (Wildman–Crippen LogP) is 2.57. The van der Waals surface area contributed by atoms with Crippen molar-refractivity contribution in [2.45, 2.75) is 76.3 Å². The van der Waals surface area contributed by atoms with Gasteiger partial charge in [-0.3, -0.25) is 19.6 Å². The van der Waals surface area contributed by atoms with E-state index >= 15 is 0 Å². The van der Waals surface area contributed by atoms with Crippen LogP contribution < -0.4 is 11.1 Å². The summed E-state index contributed by atoms with van der Waals surface area (Å²) in [7, 11) is 2.73. The van der Waals surface area contributed by atoms with Crippen molar-refractivity contribution >= 4 is 23.8 Å². The van der Waals surface area contributed by atoms with Gasteiger partial charge >= 0.3 is 17.9 Å². The van der Waals surface area contributed by atoms with E-state index in [1.54, 1.807) is 0 Å². The third-order valence-corrected chi connectivity index (χ3v) is 7.07. The first-order valence-electron chi connectivity index (χ1n) is 13.8. The number of aromatic nitrogens is 4. The van der Waals surface area contributed by atoms with Crippen LogP contribution in [-0.2, 0) is 19.1 Å². The highest BCUT2D eigenvalue weighted by atomic mass is 16.5. The Kier molecular flexibility index (Phi) is 14.9. The van der Waals surface area contributed by atoms with Gasteiger partial charge in [-0.05, 0) is 37.5 Å². The van der Waals surface area contributed by atoms with E-state index in [1.165, 1.54) is 77.1 Å². The standard InChI is InChI=1S/C14H19N3O3.C9H17NO2.C5H4N2O2/c1-20-14(19)12(10-5-3-2-4-6-10)17-13(18)11-9-15-7-8-16-11;1-12-9(11)8(10)7-5-3-2-4-6-7;8-5(9)4-3-6-1-2-7-4/h7-10,12H,2-6H2,1H3,(H,17,18);7-8H,2-6,10H2,1H3;1-3H,(H,8,9)/t12-;8-;/m00./s1. The van der Waals surface area contributed by atoms with Crippen LogP contribution in [-0.4, -0.2) is 75.2 Å². The van der Waals surface area contributed by atoms with Gasteiger partial charge in [0.15, 0.2) is 5.69 Å². The zero-order valence-electron chi connectivity index (χ0n) is 23.6. The lowest BCUT2D eigenvalue weighted by Crippen LogP contribution is -2.47. The summed E-state index contributed by atoms with van der Waals surface area (Å²) >= 11 is 0. The molecule has 2 heterocycles. The van der Waals surface area contributed by atoms with Crippen molar-refractivity contribution in [1.82, 2.24) is 25.3 Å². The number of carboxylic acids is 1. The molecular formula is C28H40N6O7. The van der Waals surface area contributed by atoms with Gasteiger partial charge in [-0.2, -0.15) is 0 Å². The first-order valence-corrected chi connectivity index (χ1v) is 13.8. The smallest absolute Gasteiger partial charge is 0.356 e. The number of methoxy groups -OCH3 is 2. The fourth-order valence-electron chi connectivity index (χ4n) is 4.83. The van der Waals surface area contributed by atoms with Crippen LogP contribution in [0, 0.1) is 11.8 Å². The van der Waals surface area contributed by atoms with Crippen LogP contribution in [0.1, 0.15) is 85.2 Å². The predicted molar refractivity (Wildman–Crippen MR) is 147 cm³/mol. The molecule has 0 aromatic carbocycles. The van der Waals surface area contributed by atoms with Crippen LogP contribution in [0.4, 0.5) is 0 Å². The lowest BCUT2D eigenvalue weighted by molar-refractivity contribution is -0.145. The Hall–Kier alpha value is -4.00. The maximum atomic E-state index is 12.1. The minimum atomic E-state index is -1.05. The second-order valence-electron chi connectivity index (χ2n) is 9.81. The van der Waals surface area contributed by atoms with Crippen molar-refractivity contribution in [3.63, 3.8) is 0 Å². The number of aromatic carboxylic acids is 1. The number of hydrogen-bond acceptors (Lipinski definition) is 11. The molecule has 1 amide bonds. The van der Waals surface area contributed by atoms with E-state index in [1.807, 2.05) is 0 Å². The minimum absolute atomic E-state index is 0.0301. The highest BCUT2D eigenvalue weighted by Gasteiger charge is 2.32. The molecule has 2 saturated carbocycles. The Morgan fingerprint density at radius 1 is 0.780 bits per heavy atom. The molecule has 0 aliphatic heterocycles.